The van der Waals surface area contributed by atoms with E-state index < -0.39 is 28.1 Å². The van der Waals surface area contributed by atoms with Crippen molar-refractivity contribution in [1.82, 2.24) is 9.03 Å². The number of halogens is 3. The van der Waals surface area contributed by atoms with Crippen LogP contribution in [-0.4, -0.2) is 48.9 Å². The fourth-order valence-electron chi connectivity index (χ4n) is 6.60. The van der Waals surface area contributed by atoms with Crippen LogP contribution in [0.15, 0.2) is 12.1 Å². The third-order valence-electron chi connectivity index (χ3n) is 8.10. The molecule has 0 spiro atoms. The van der Waals surface area contributed by atoms with Gasteiger partial charge >= 0.3 is 10.2 Å². The summed E-state index contributed by atoms with van der Waals surface area (Å²) in [5.41, 5.74) is 0.413. The maximum atomic E-state index is 15.0. The summed E-state index contributed by atoms with van der Waals surface area (Å²) in [5.74, 6) is 0.0992. The number of hydrogen-bond acceptors (Lipinski definition) is 4. The Labute approximate surface area is 197 Å². The van der Waals surface area contributed by atoms with Crippen LogP contribution in [0.1, 0.15) is 66.8 Å². The van der Waals surface area contributed by atoms with Gasteiger partial charge in [-0.1, -0.05) is 0 Å². The van der Waals surface area contributed by atoms with Gasteiger partial charge in [0.1, 0.15) is 23.8 Å². The molecule has 4 bridgehead atoms. The van der Waals surface area contributed by atoms with E-state index in [1.165, 1.54) is 12.1 Å². The Bertz CT molecular complexity index is 1090. The molecule has 1 saturated heterocycles. The van der Waals surface area contributed by atoms with Gasteiger partial charge in [0.25, 0.3) is 5.91 Å². The predicted molar refractivity (Wildman–Crippen MR) is 118 cm³/mol. The summed E-state index contributed by atoms with van der Waals surface area (Å²) in [5, 5.41) is 0. The quantitative estimate of drug-likeness (QED) is 0.601. The van der Waals surface area contributed by atoms with Gasteiger partial charge in [-0.25, -0.2) is 13.5 Å². The highest BCUT2D eigenvalue weighted by Crippen LogP contribution is 2.59. The molecular formula is C23H27ClF2N2O4S. The van der Waals surface area contributed by atoms with Crippen molar-refractivity contribution in [1.29, 1.82) is 0 Å². The van der Waals surface area contributed by atoms with Gasteiger partial charge in [0.15, 0.2) is 0 Å². The Morgan fingerprint density at radius 1 is 1.15 bits per heavy atom. The smallest absolute Gasteiger partial charge is 0.304 e. The number of alkyl halides is 2. The van der Waals surface area contributed by atoms with Crippen molar-refractivity contribution in [3.63, 3.8) is 0 Å². The molecule has 0 radical (unpaired) electrons. The molecule has 7 rings (SSSR count). The van der Waals surface area contributed by atoms with Gasteiger partial charge in [0.2, 0.25) is 0 Å². The van der Waals surface area contributed by atoms with E-state index in [0.717, 1.165) is 54.8 Å². The van der Waals surface area contributed by atoms with Gasteiger partial charge in [-0.15, -0.1) is 11.6 Å². The minimum absolute atomic E-state index is 0.00885. The molecule has 2 unspecified atom stereocenters. The highest BCUT2D eigenvalue weighted by Gasteiger charge is 2.56. The summed E-state index contributed by atoms with van der Waals surface area (Å²) < 4.78 is 61.7. The third-order valence-corrected chi connectivity index (χ3v) is 9.99. The summed E-state index contributed by atoms with van der Waals surface area (Å²) >= 11 is 6.84. The Morgan fingerprint density at radius 2 is 1.82 bits per heavy atom. The van der Waals surface area contributed by atoms with Crippen LogP contribution >= 0.6 is 11.6 Å². The van der Waals surface area contributed by atoms with Crippen LogP contribution in [-0.2, 0) is 10.2 Å². The highest BCUT2D eigenvalue weighted by molar-refractivity contribution is 7.87. The van der Waals surface area contributed by atoms with Crippen molar-refractivity contribution in [2.75, 3.05) is 13.1 Å². The molecular weight excluding hydrogens is 474 g/mol. The van der Waals surface area contributed by atoms with Crippen LogP contribution in [0.5, 0.6) is 5.75 Å². The van der Waals surface area contributed by atoms with Crippen LogP contribution in [0.4, 0.5) is 8.78 Å². The van der Waals surface area contributed by atoms with E-state index in [1.807, 2.05) is 4.72 Å². The van der Waals surface area contributed by atoms with E-state index in [0.29, 0.717) is 23.5 Å². The lowest BCUT2D eigenvalue weighted by Gasteiger charge is -2.57. The first-order chi connectivity index (χ1) is 15.6. The second-order valence-electron chi connectivity index (χ2n) is 10.7. The van der Waals surface area contributed by atoms with Crippen molar-refractivity contribution in [3.05, 3.63) is 29.1 Å². The van der Waals surface area contributed by atoms with Crippen molar-refractivity contribution in [3.8, 4) is 5.75 Å². The number of amides is 1. The summed E-state index contributed by atoms with van der Waals surface area (Å²) in [6, 6.07) is 2.66. The van der Waals surface area contributed by atoms with Crippen molar-refractivity contribution in [2.24, 2.45) is 17.8 Å². The lowest BCUT2D eigenvalue weighted by molar-refractivity contribution is -0.0700. The van der Waals surface area contributed by atoms with Gasteiger partial charge in [-0.2, -0.15) is 12.7 Å². The lowest BCUT2D eigenvalue weighted by Crippen LogP contribution is -2.56. The lowest BCUT2D eigenvalue weighted by atomic mass is 9.54. The van der Waals surface area contributed by atoms with Gasteiger partial charge in [0.05, 0.1) is 5.56 Å². The Morgan fingerprint density at radius 3 is 2.39 bits per heavy atom. The zero-order valence-corrected chi connectivity index (χ0v) is 19.7. The fourth-order valence-corrected chi connectivity index (χ4v) is 8.40. The SMILES string of the molecule is O=C(NS(=O)(=O)N1CC(F)C1)c1cc(C2CC2)c(OC2C3CC4CC2CC(Cl)(C4)C3)cc1F. The maximum Gasteiger partial charge on any atom is 0.304 e. The summed E-state index contributed by atoms with van der Waals surface area (Å²) in [4.78, 5) is 12.5. The number of ether oxygens (including phenoxy) is 1. The zero-order chi connectivity index (χ0) is 23.1. The first-order valence-electron chi connectivity index (χ1n) is 11.8. The maximum absolute atomic E-state index is 15.0. The second kappa shape index (κ2) is 7.52. The second-order valence-corrected chi connectivity index (χ2v) is 13.2. The normalized spacial score (nSPS) is 36.0. The molecule has 0 aromatic heterocycles. The van der Waals surface area contributed by atoms with E-state index in [-0.39, 0.29) is 35.5 Å². The van der Waals surface area contributed by atoms with E-state index in [2.05, 4.69) is 0 Å². The molecule has 6 fully saturated rings. The molecule has 5 saturated carbocycles. The van der Waals surface area contributed by atoms with Crippen LogP contribution in [0, 0.1) is 23.6 Å². The molecule has 6 aliphatic rings. The molecule has 5 aliphatic carbocycles. The number of nitrogens with one attached hydrogen (secondary N) is 1. The fraction of sp³-hybridized carbons (Fsp3) is 0.696. The van der Waals surface area contributed by atoms with Crippen LogP contribution in [0.2, 0.25) is 0 Å². The number of carbonyl (C=O) groups is 1. The highest BCUT2D eigenvalue weighted by atomic mass is 35.5. The molecule has 1 aromatic rings. The van der Waals surface area contributed by atoms with Crippen molar-refractivity contribution >= 4 is 27.7 Å². The molecule has 1 N–H and O–H groups in total. The first-order valence-corrected chi connectivity index (χ1v) is 13.6. The van der Waals surface area contributed by atoms with E-state index in [1.54, 1.807) is 0 Å². The molecule has 180 valence electrons. The van der Waals surface area contributed by atoms with Crippen LogP contribution in [0.3, 0.4) is 0 Å². The Balaban J connectivity index is 1.24. The molecule has 10 heteroatoms. The summed E-state index contributed by atoms with van der Waals surface area (Å²) in [7, 11) is -4.20. The summed E-state index contributed by atoms with van der Waals surface area (Å²) in [6.07, 6.45) is 5.66. The van der Waals surface area contributed by atoms with E-state index in [4.69, 9.17) is 16.3 Å². The Kier molecular flexibility index (Phi) is 5.02. The zero-order valence-electron chi connectivity index (χ0n) is 18.1. The topological polar surface area (TPSA) is 75.7 Å². The monoisotopic (exact) mass is 500 g/mol. The average molecular weight is 501 g/mol. The van der Waals surface area contributed by atoms with E-state index >= 15 is 4.39 Å². The number of carbonyl (C=O) groups excluding carboxylic acids is 1. The standard InChI is InChI=1S/C23H27ClF2N2O4S/c24-23-7-12-3-14(8-23)21(15(4-12)9-23)32-20-6-19(26)18(5-17(20)13-1-2-13)22(29)27-33(30,31)28-10-16(25)11-28/h5-6,12-16,21H,1-4,7-11H2,(H,27,29). The number of hydrogen-bond donors (Lipinski definition) is 1. The van der Waals surface area contributed by atoms with Gasteiger partial charge < -0.3 is 4.74 Å². The first kappa shape index (κ1) is 22.0. The largest absolute Gasteiger partial charge is 0.489 e. The van der Waals surface area contributed by atoms with Crippen LogP contribution in [0.25, 0.3) is 0 Å². The van der Waals surface area contributed by atoms with Gasteiger partial charge in [0, 0.05) is 24.0 Å². The molecule has 1 heterocycles. The third kappa shape index (κ3) is 3.93. The van der Waals surface area contributed by atoms with E-state index in [9.17, 15) is 17.6 Å². The van der Waals surface area contributed by atoms with Crippen molar-refractivity contribution in [2.45, 2.75) is 68.0 Å². The number of nitrogens with zero attached hydrogens (tertiary/aromatic N) is 1. The Hall–Kier alpha value is -1.45. The molecule has 1 aliphatic heterocycles. The van der Waals surface area contributed by atoms with Crippen molar-refractivity contribution < 1.29 is 26.7 Å². The average Bonchev–Trinajstić information content (AvgIpc) is 3.51. The minimum atomic E-state index is -4.20. The van der Waals surface area contributed by atoms with Gasteiger partial charge in [-0.05, 0) is 80.2 Å². The minimum Gasteiger partial charge on any atom is -0.489 e. The molecule has 1 aromatic carbocycles. The number of benzene rings is 1. The molecule has 1 amide bonds. The predicted octanol–water partition coefficient (Wildman–Crippen LogP) is 3.90. The molecule has 6 nitrogen and oxygen atoms in total. The summed E-state index contributed by atoms with van der Waals surface area (Å²) in [6.45, 7) is -0.612. The van der Waals surface area contributed by atoms with Gasteiger partial charge in [-0.3, -0.25) is 4.79 Å². The number of rotatable bonds is 6. The molecule has 33 heavy (non-hydrogen) atoms. The molecule has 2 atom stereocenters. The van der Waals surface area contributed by atoms with Crippen LogP contribution < -0.4 is 9.46 Å².